The van der Waals surface area contributed by atoms with Gasteiger partial charge in [-0.1, -0.05) is 19.1 Å². The maximum absolute atomic E-state index is 12.2. The van der Waals surface area contributed by atoms with Crippen LogP contribution in [0.3, 0.4) is 0 Å². The highest BCUT2D eigenvalue weighted by atomic mass is 35.5. The Labute approximate surface area is 125 Å². The zero-order chi connectivity index (χ0) is 14.6. The summed E-state index contributed by atoms with van der Waals surface area (Å²) in [6.07, 6.45) is 1.55. The molecule has 0 aromatic heterocycles. The van der Waals surface area contributed by atoms with Crippen molar-refractivity contribution in [2.45, 2.75) is 30.2 Å². The minimum Gasteiger partial charge on any atom is -0.381 e. The number of benzene rings is 1. The SMILES string of the molecule is CCS(=O)(=O)c1ccccc1NC1(CCl)CCOCC1. The fourth-order valence-corrected chi connectivity index (χ4v) is 3.72. The maximum atomic E-state index is 12.2. The average Bonchev–Trinajstić information content (AvgIpc) is 2.48. The molecule has 1 saturated heterocycles. The van der Waals surface area contributed by atoms with Crippen molar-refractivity contribution in [3.8, 4) is 0 Å². The quantitative estimate of drug-likeness (QED) is 0.848. The number of nitrogens with one attached hydrogen (secondary N) is 1. The number of hydrogen-bond acceptors (Lipinski definition) is 4. The third-order valence-corrected chi connectivity index (χ3v) is 6.01. The Morgan fingerprint density at radius 1 is 1.30 bits per heavy atom. The summed E-state index contributed by atoms with van der Waals surface area (Å²) in [5.41, 5.74) is 0.344. The number of hydrogen-bond donors (Lipinski definition) is 1. The summed E-state index contributed by atoms with van der Waals surface area (Å²) in [6, 6.07) is 7.01. The van der Waals surface area contributed by atoms with Gasteiger partial charge in [-0.05, 0) is 25.0 Å². The maximum Gasteiger partial charge on any atom is 0.180 e. The van der Waals surface area contributed by atoms with Gasteiger partial charge < -0.3 is 10.1 Å². The lowest BCUT2D eigenvalue weighted by Crippen LogP contribution is -2.45. The van der Waals surface area contributed by atoms with Gasteiger partial charge in [-0.2, -0.15) is 0 Å². The molecule has 6 heteroatoms. The van der Waals surface area contributed by atoms with Gasteiger partial charge in [0, 0.05) is 19.1 Å². The van der Waals surface area contributed by atoms with Crippen molar-refractivity contribution in [3.05, 3.63) is 24.3 Å². The summed E-state index contributed by atoms with van der Waals surface area (Å²) in [5, 5.41) is 3.36. The van der Waals surface area contributed by atoms with Crippen molar-refractivity contribution in [1.29, 1.82) is 0 Å². The lowest BCUT2D eigenvalue weighted by atomic mass is 9.92. The number of anilines is 1. The molecule has 1 N–H and O–H groups in total. The Hall–Kier alpha value is -0.780. The smallest absolute Gasteiger partial charge is 0.180 e. The van der Waals surface area contributed by atoms with E-state index in [1.165, 1.54) is 0 Å². The molecule has 1 fully saturated rings. The molecule has 0 saturated carbocycles. The average molecular weight is 318 g/mol. The number of halogens is 1. The highest BCUT2D eigenvalue weighted by Gasteiger charge is 2.33. The number of ether oxygens (including phenoxy) is 1. The van der Waals surface area contributed by atoms with E-state index < -0.39 is 9.84 Å². The normalized spacial score (nSPS) is 18.7. The molecular weight excluding hydrogens is 298 g/mol. The van der Waals surface area contributed by atoms with Crippen molar-refractivity contribution in [2.24, 2.45) is 0 Å². The number of sulfone groups is 1. The van der Waals surface area contributed by atoms with Crippen LogP contribution < -0.4 is 5.32 Å². The third-order valence-electron chi connectivity index (χ3n) is 3.71. The van der Waals surface area contributed by atoms with Crippen LogP contribution in [0, 0.1) is 0 Å². The topological polar surface area (TPSA) is 55.4 Å². The minimum atomic E-state index is -3.25. The molecule has 1 heterocycles. The lowest BCUT2D eigenvalue weighted by Gasteiger charge is -2.37. The molecule has 0 aliphatic carbocycles. The Bertz CT molecular complexity index is 553. The third kappa shape index (κ3) is 3.27. The first kappa shape index (κ1) is 15.6. The predicted molar refractivity (Wildman–Crippen MR) is 81.3 cm³/mol. The zero-order valence-corrected chi connectivity index (χ0v) is 13.1. The molecule has 0 unspecified atom stereocenters. The van der Waals surface area contributed by atoms with Crippen LogP contribution in [0.25, 0.3) is 0 Å². The Balaban J connectivity index is 2.34. The number of rotatable bonds is 5. The van der Waals surface area contributed by atoms with E-state index in [9.17, 15) is 8.42 Å². The van der Waals surface area contributed by atoms with Gasteiger partial charge in [-0.25, -0.2) is 8.42 Å². The summed E-state index contributed by atoms with van der Waals surface area (Å²) in [7, 11) is -3.25. The van der Waals surface area contributed by atoms with Gasteiger partial charge >= 0.3 is 0 Å². The van der Waals surface area contributed by atoms with E-state index in [0.717, 1.165) is 12.8 Å². The molecular formula is C14H20ClNO3S. The summed E-state index contributed by atoms with van der Waals surface area (Å²) in [5.74, 6) is 0.513. The van der Waals surface area contributed by atoms with Crippen LogP contribution in [-0.4, -0.2) is 38.8 Å². The second-order valence-electron chi connectivity index (χ2n) is 5.05. The number of para-hydroxylation sites is 1. The van der Waals surface area contributed by atoms with E-state index in [0.29, 0.717) is 29.7 Å². The summed E-state index contributed by atoms with van der Waals surface area (Å²) < 4.78 is 29.7. The predicted octanol–water partition coefficient (Wildman–Crippen LogP) is 2.68. The molecule has 0 amide bonds. The monoisotopic (exact) mass is 317 g/mol. The summed E-state index contributed by atoms with van der Waals surface area (Å²) in [6.45, 7) is 2.93. The zero-order valence-electron chi connectivity index (χ0n) is 11.6. The van der Waals surface area contributed by atoms with Crippen LogP contribution in [0.5, 0.6) is 0 Å². The molecule has 0 spiro atoms. The van der Waals surface area contributed by atoms with E-state index in [4.69, 9.17) is 16.3 Å². The first-order chi connectivity index (χ1) is 9.53. The van der Waals surface area contributed by atoms with Gasteiger partial charge in [0.2, 0.25) is 0 Å². The first-order valence-corrected chi connectivity index (χ1v) is 8.95. The molecule has 1 aromatic rings. The van der Waals surface area contributed by atoms with Crippen molar-refractivity contribution < 1.29 is 13.2 Å². The van der Waals surface area contributed by atoms with E-state index in [1.54, 1.807) is 25.1 Å². The highest BCUT2D eigenvalue weighted by molar-refractivity contribution is 7.91. The summed E-state index contributed by atoms with van der Waals surface area (Å²) >= 11 is 6.12. The van der Waals surface area contributed by atoms with Crippen molar-refractivity contribution in [1.82, 2.24) is 0 Å². The largest absolute Gasteiger partial charge is 0.381 e. The van der Waals surface area contributed by atoms with Crippen molar-refractivity contribution >= 4 is 27.1 Å². The van der Waals surface area contributed by atoms with Gasteiger partial charge in [-0.3, -0.25) is 0 Å². The molecule has 0 atom stereocenters. The van der Waals surface area contributed by atoms with E-state index in [2.05, 4.69) is 5.32 Å². The van der Waals surface area contributed by atoms with E-state index in [-0.39, 0.29) is 11.3 Å². The van der Waals surface area contributed by atoms with E-state index in [1.807, 2.05) is 6.07 Å². The standard InChI is InChI=1S/C14H20ClNO3S/c1-2-20(17,18)13-6-4-3-5-12(13)16-14(11-15)7-9-19-10-8-14/h3-6,16H,2,7-11H2,1H3. The molecule has 1 aliphatic heterocycles. The first-order valence-electron chi connectivity index (χ1n) is 6.77. The van der Waals surface area contributed by atoms with Gasteiger partial charge in [0.15, 0.2) is 9.84 Å². The minimum absolute atomic E-state index is 0.0860. The molecule has 0 radical (unpaired) electrons. The fraction of sp³-hybridized carbons (Fsp3) is 0.571. The van der Waals surface area contributed by atoms with Crippen LogP contribution in [0.4, 0.5) is 5.69 Å². The van der Waals surface area contributed by atoms with Gasteiger partial charge in [-0.15, -0.1) is 11.6 Å². The molecule has 1 aromatic carbocycles. The van der Waals surface area contributed by atoms with Crippen LogP contribution in [-0.2, 0) is 14.6 Å². The highest BCUT2D eigenvalue weighted by Crippen LogP contribution is 2.31. The molecule has 4 nitrogen and oxygen atoms in total. The molecule has 20 heavy (non-hydrogen) atoms. The molecule has 1 aliphatic rings. The van der Waals surface area contributed by atoms with E-state index >= 15 is 0 Å². The van der Waals surface area contributed by atoms with Gasteiger partial charge in [0.1, 0.15) is 0 Å². The van der Waals surface area contributed by atoms with Crippen LogP contribution in [0.15, 0.2) is 29.2 Å². The molecule has 0 bridgehead atoms. The Morgan fingerprint density at radius 3 is 2.55 bits per heavy atom. The van der Waals surface area contributed by atoms with Gasteiger partial charge in [0.25, 0.3) is 0 Å². The molecule has 112 valence electrons. The van der Waals surface area contributed by atoms with Crippen molar-refractivity contribution in [3.63, 3.8) is 0 Å². The second-order valence-corrected chi connectivity index (χ2v) is 7.56. The Morgan fingerprint density at radius 2 is 1.95 bits per heavy atom. The van der Waals surface area contributed by atoms with Gasteiger partial charge in [0.05, 0.1) is 21.9 Å². The Kier molecular flexibility index (Phi) is 4.94. The fourth-order valence-electron chi connectivity index (χ4n) is 2.34. The van der Waals surface area contributed by atoms with Crippen LogP contribution in [0.1, 0.15) is 19.8 Å². The number of alkyl halides is 1. The van der Waals surface area contributed by atoms with Crippen LogP contribution >= 0.6 is 11.6 Å². The molecule has 2 rings (SSSR count). The van der Waals surface area contributed by atoms with Crippen molar-refractivity contribution in [2.75, 3.05) is 30.2 Å². The summed E-state index contributed by atoms with van der Waals surface area (Å²) in [4.78, 5) is 0.346. The van der Waals surface area contributed by atoms with Crippen LogP contribution in [0.2, 0.25) is 0 Å². The lowest BCUT2D eigenvalue weighted by molar-refractivity contribution is 0.0667. The second kappa shape index (κ2) is 6.33.